The van der Waals surface area contributed by atoms with Crippen LogP contribution < -0.4 is 0 Å². The zero-order chi connectivity index (χ0) is 10.8. The molecule has 1 saturated carbocycles. The molecule has 0 amide bonds. The number of carbonyl (C=O) groups excluding carboxylic acids is 1. The molecule has 1 aliphatic carbocycles. The first-order valence-corrected chi connectivity index (χ1v) is 5.71. The minimum absolute atomic E-state index is 0.0590. The Kier molecular flexibility index (Phi) is 3.87. The van der Waals surface area contributed by atoms with Crippen molar-refractivity contribution in [1.82, 2.24) is 0 Å². The fraction of sp³-hybridized carbons (Fsp3) is 0.909. The first kappa shape index (κ1) is 11.9. The Morgan fingerprint density at radius 1 is 1.43 bits per heavy atom. The van der Waals surface area contributed by atoms with Gasteiger partial charge in [-0.2, -0.15) is 12.6 Å². The van der Waals surface area contributed by atoms with E-state index in [0.29, 0.717) is 18.3 Å². The second-order valence-electron chi connectivity index (χ2n) is 4.95. The smallest absolute Gasteiger partial charge is 0.293 e. The summed E-state index contributed by atoms with van der Waals surface area (Å²) in [6, 6.07) is 0. The van der Waals surface area contributed by atoms with Crippen LogP contribution >= 0.6 is 12.6 Å². The van der Waals surface area contributed by atoms with Gasteiger partial charge in [-0.3, -0.25) is 4.79 Å². The molecule has 0 radical (unpaired) electrons. The Morgan fingerprint density at radius 3 is 2.57 bits per heavy atom. The van der Waals surface area contributed by atoms with E-state index in [1.54, 1.807) is 0 Å². The van der Waals surface area contributed by atoms with E-state index < -0.39 is 0 Å². The number of carbonyl (C=O) groups is 1. The van der Waals surface area contributed by atoms with Crippen molar-refractivity contribution in [3.8, 4) is 0 Å². The summed E-state index contributed by atoms with van der Waals surface area (Å²) in [6.45, 7) is 6.98. The standard InChI is InChI=1S/C11H20O2S/c1-8-4-5-9(11(2,3)14)10(6-8)13-7-12/h7-10,14H,4-6H2,1-3H3. The number of hydrogen-bond acceptors (Lipinski definition) is 3. The van der Waals surface area contributed by atoms with E-state index >= 15 is 0 Å². The lowest BCUT2D eigenvalue weighted by atomic mass is 9.75. The molecule has 1 rings (SSSR count). The SMILES string of the molecule is CC1CCC(C(C)(C)S)C(OC=O)C1. The van der Waals surface area contributed by atoms with Crippen LogP contribution in [0.15, 0.2) is 0 Å². The molecule has 0 spiro atoms. The van der Waals surface area contributed by atoms with Crippen LogP contribution in [-0.2, 0) is 9.53 Å². The van der Waals surface area contributed by atoms with Gasteiger partial charge in [-0.1, -0.05) is 27.2 Å². The lowest BCUT2D eigenvalue weighted by Crippen LogP contribution is -2.41. The molecule has 0 heterocycles. The van der Waals surface area contributed by atoms with E-state index in [-0.39, 0.29) is 10.9 Å². The molecule has 3 atom stereocenters. The monoisotopic (exact) mass is 216 g/mol. The summed E-state index contributed by atoms with van der Waals surface area (Å²) in [7, 11) is 0. The lowest BCUT2D eigenvalue weighted by molar-refractivity contribution is -0.139. The molecule has 0 aromatic heterocycles. The Hall–Kier alpha value is -0.180. The van der Waals surface area contributed by atoms with Gasteiger partial charge in [-0.25, -0.2) is 0 Å². The third-order valence-corrected chi connectivity index (χ3v) is 3.52. The predicted octanol–water partition coefficient (Wildman–Crippen LogP) is 2.67. The van der Waals surface area contributed by atoms with E-state index in [4.69, 9.17) is 4.74 Å². The maximum absolute atomic E-state index is 10.4. The molecule has 3 unspecified atom stereocenters. The second kappa shape index (κ2) is 4.56. The van der Waals surface area contributed by atoms with E-state index in [1.807, 2.05) is 0 Å². The van der Waals surface area contributed by atoms with Crippen LogP contribution in [0.5, 0.6) is 0 Å². The molecule has 0 saturated heterocycles. The van der Waals surface area contributed by atoms with Crippen LogP contribution in [0, 0.1) is 11.8 Å². The van der Waals surface area contributed by atoms with Gasteiger partial charge >= 0.3 is 0 Å². The molecule has 2 nitrogen and oxygen atoms in total. The highest BCUT2D eigenvalue weighted by Crippen LogP contribution is 2.39. The Morgan fingerprint density at radius 2 is 2.07 bits per heavy atom. The zero-order valence-corrected chi connectivity index (χ0v) is 10.1. The van der Waals surface area contributed by atoms with Crippen molar-refractivity contribution in [1.29, 1.82) is 0 Å². The van der Waals surface area contributed by atoms with Crippen molar-refractivity contribution >= 4 is 19.1 Å². The van der Waals surface area contributed by atoms with Gasteiger partial charge in [0.05, 0.1) is 0 Å². The van der Waals surface area contributed by atoms with Crippen LogP contribution in [0.1, 0.15) is 40.0 Å². The molecule has 82 valence electrons. The highest BCUT2D eigenvalue weighted by atomic mass is 32.1. The number of rotatable bonds is 3. The van der Waals surface area contributed by atoms with Crippen LogP contribution in [0.25, 0.3) is 0 Å². The molecule has 1 fully saturated rings. The zero-order valence-electron chi connectivity index (χ0n) is 9.19. The van der Waals surface area contributed by atoms with Gasteiger partial charge in [0.2, 0.25) is 0 Å². The third-order valence-electron chi connectivity index (χ3n) is 3.19. The maximum Gasteiger partial charge on any atom is 0.293 e. The summed E-state index contributed by atoms with van der Waals surface area (Å²) in [6.07, 6.45) is 3.36. The quantitative estimate of drug-likeness (QED) is 0.580. The number of ether oxygens (including phenoxy) is 1. The Labute approximate surface area is 91.8 Å². The highest BCUT2D eigenvalue weighted by molar-refractivity contribution is 7.81. The lowest BCUT2D eigenvalue weighted by Gasteiger charge is -2.40. The topological polar surface area (TPSA) is 26.3 Å². The second-order valence-corrected chi connectivity index (χ2v) is 6.10. The largest absolute Gasteiger partial charge is 0.464 e. The molecule has 0 bridgehead atoms. The fourth-order valence-corrected chi connectivity index (χ4v) is 2.65. The molecule has 3 heteroatoms. The summed E-state index contributed by atoms with van der Waals surface area (Å²) in [4.78, 5) is 10.4. The van der Waals surface area contributed by atoms with Crippen molar-refractivity contribution in [2.24, 2.45) is 11.8 Å². The summed E-state index contributed by atoms with van der Waals surface area (Å²) < 4.78 is 5.10. The van der Waals surface area contributed by atoms with Gasteiger partial charge in [0.15, 0.2) is 0 Å². The average Bonchev–Trinajstić information content (AvgIpc) is 2.02. The summed E-state index contributed by atoms with van der Waals surface area (Å²) >= 11 is 4.58. The van der Waals surface area contributed by atoms with E-state index in [9.17, 15) is 4.79 Å². The molecule has 14 heavy (non-hydrogen) atoms. The van der Waals surface area contributed by atoms with Crippen molar-refractivity contribution in [2.75, 3.05) is 0 Å². The first-order chi connectivity index (χ1) is 6.45. The van der Waals surface area contributed by atoms with E-state index in [1.165, 1.54) is 6.42 Å². The molecule has 1 aliphatic rings. The summed E-state index contributed by atoms with van der Waals surface area (Å²) in [5.74, 6) is 1.04. The van der Waals surface area contributed by atoms with Crippen LogP contribution in [-0.4, -0.2) is 17.3 Å². The molecule has 0 aromatic carbocycles. The summed E-state index contributed by atoms with van der Waals surface area (Å²) in [5.41, 5.74) is 0. The highest BCUT2D eigenvalue weighted by Gasteiger charge is 2.38. The normalized spacial score (nSPS) is 33.9. The third kappa shape index (κ3) is 2.91. The maximum atomic E-state index is 10.4. The van der Waals surface area contributed by atoms with Crippen molar-refractivity contribution in [3.63, 3.8) is 0 Å². The predicted molar refractivity (Wildman–Crippen MR) is 60.5 cm³/mol. The average molecular weight is 216 g/mol. The Bertz CT molecular complexity index is 198. The van der Waals surface area contributed by atoms with Crippen LogP contribution in [0.3, 0.4) is 0 Å². The fourth-order valence-electron chi connectivity index (χ4n) is 2.36. The van der Waals surface area contributed by atoms with Crippen molar-refractivity contribution in [2.45, 2.75) is 50.9 Å². The number of hydrogen-bond donors (Lipinski definition) is 1. The molecule has 0 aromatic rings. The van der Waals surface area contributed by atoms with Gasteiger partial charge in [0.1, 0.15) is 6.10 Å². The molecular weight excluding hydrogens is 196 g/mol. The Balaban J connectivity index is 2.67. The van der Waals surface area contributed by atoms with Gasteiger partial charge < -0.3 is 4.74 Å². The van der Waals surface area contributed by atoms with Crippen LogP contribution in [0.2, 0.25) is 0 Å². The number of thiol groups is 1. The minimum Gasteiger partial charge on any atom is -0.464 e. The van der Waals surface area contributed by atoms with Gasteiger partial charge in [0.25, 0.3) is 6.47 Å². The first-order valence-electron chi connectivity index (χ1n) is 5.26. The van der Waals surface area contributed by atoms with E-state index in [2.05, 4.69) is 33.4 Å². The van der Waals surface area contributed by atoms with Crippen LogP contribution in [0.4, 0.5) is 0 Å². The van der Waals surface area contributed by atoms with Crippen molar-refractivity contribution < 1.29 is 9.53 Å². The van der Waals surface area contributed by atoms with Gasteiger partial charge in [-0.15, -0.1) is 0 Å². The van der Waals surface area contributed by atoms with Crippen molar-refractivity contribution in [3.05, 3.63) is 0 Å². The molecule has 0 aliphatic heterocycles. The van der Waals surface area contributed by atoms with E-state index in [0.717, 1.165) is 12.8 Å². The minimum atomic E-state index is -0.0617. The molecular formula is C11H20O2S. The summed E-state index contributed by atoms with van der Waals surface area (Å²) in [5, 5.41) is 0. The molecule has 0 N–H and O–H groups in total. The van der Waals surface area contributed by atoms with Gasteiger partial charge in [-0.05, 0) is 18.8 Å². The van der Waals surface area contributed by atoms with Gasteiger partial charge in [0, 0.05) is 10.7 Å².